The molecule has 0 aliphatic carbocycles. The average Bonchev–Trinajstić information content (AvgIpc) is 3.12. The topological polar surface area (TPSA) is 106 Å². The molecule has 0 fully saturated rings. The lowest BCUT2D eigenvalue weighted by molar-refractivity contribution is 0.0949. The standard InChI is InChI=1S/C18H17ClFN5O3S/c1-25-7-6-21-17(25)11-23-18(26)12-2-3-13(22-9-12)10-24-29(27,28)14-4-5-16(20)15(19)8-14/h2-9,24H,10-11H2,1H3,(H,23,26). The van der Waals surface area contributed by atoms with Gasteiger partial charge in [0, 0.05) is 25.6 Å². The SMILES string of the molecule is Cn1ccnc1CNC(=O)c1ccc(CNS(=O)(=O)c2ccc(F)c(Cl)c2)nc1. The van der Waals surface area contributed by atoms with Crippen LogP contribution in [-0.4, -0.2) is 28.9 Å². The second-order valence-electron chi connectivity index (χ2n) is 6.08. The fraction of sp³-hybridized carbons (Fsp3) is 0.167. The first-order chi connectivity index (χ1) is 13.8. The minimum Gasteiger partial charge on any atom is -0.345 e. The van der Waals surface area contributed by atoms with E-state index in [0.29, 0.717) is 17.1 Å². The summed E-state index contributed by atoms with van der Waals surface area (Å²) in [5, 5.41) is 2.45. The molecule has 2 aromatic heterocycles. The van der Waals surface area contributed by atoms with Crippen LogP contribution in [0.15, 0.2) is 53.8 Å². The molecule has 2 N–H and O–H groups in total. The van der Waals surface area contributed by atoms with Crippen LogP contribution in [0.3, 0.4) is 0 Å². The average molecular weight is 438 g/mol. The van der Waals surface area contributed by atoms with E-state index in [0.717, 1.165) is 18.2 Å². The molecule has 1 amide bonds. The molecule has 0 aliphatic rings. The van der Waals surface area contributed by atoms with E-state index in [1.54, 1.807) is 23.0 Å². The summed E-state index contributed by atoms with van der Waals surface area (Å²) in [6.45, 7) is 0.163. The van der Waals surface area contributed by atoms with Gasteiger partial charge in [0.15, 0.2) is 0 Å². The van der Waals surface area contributed by atoms with Gasteiger partial charge in [0.2, 0.25) is 10.0 Å². The lowest BCUT2D eigenvalue weighted by Crippen LogP contribution is -2.25. The zero-order valence-electron chi connectivity index (χ0n) is 15.3. The van der Waals surface area contributed by atoms with Crippen LogP contribution >= 0.6 is 11.6 Å². The molecule has 3 aromatic rings. The number of aromatic nitrogens is 3. The zero-order chi connectivity index (χ0) is 21.0. The van der Waals surface area contributed by atoms with Crippen molar-refractivity contribution in [2.75, 3.05) is 0 Å². The number of hydrogen-bond donors (Lipinski definition) is 2. The number of pyridine rings is 1. The summed E-state index contributed by atoms with van der Waals surface area (Å²) >= 11 is 5.63. The van der Waals surface area contributed by atoms with Crippen molar-refractivity contribution in [3.8, 4) is 0 Å². The van der Waals surface area contributed by atoms with Gasteiger partial charge < -0.3 is 9.88 Å². The Morgan fingerprint density at radius 3 is 2.62 bits per heavy atom. The van der Waals surface area contributed by atoms with Crippen molar-refractivity contribution in [3.05, 3.63) is 76.8 Å². The predicted octanol–water partition coefficient (Wildman–Crippen LogP) is 2.02. The van der Waals surface area contributed by atoms with Gasteiger partial charge in [-0.2, -0.15) is 0 Å². The minimum atomic E-state index is -3.89. The lowest BCUT2D eigenvalue weighted by atomic mass is 10.2. The molecular formula is C18H17ClFN5O3S. The maximum absolute atomic E-state index is 13.2. The Bertz CT molecular complexity index is 1130. The quantitative estimate of drug-likeness (QED) is 0.588. The second kappa shape index (κ2) is 8.68. The molecule has 0 atom stereocenters. The summed E-state index contributed by atoms with van der Waals surface area (Å²) < 4.78 is 41.9. The van der Waals surface area contributed by atoms with Crippen molar-refractivity contribution in [1.82, 2.24) is 24.6 Å². The van der Waals surface area contributed by atoms with E-state index >= 15 is 0 Å². The van der Waals surface area contributed by atoms with E-state index in [-0.39, 0.29) is 28.9 Å². The summed E-state index contributed by atoms with van der Waals surface area (Å²) in [6, 6.07) is 6.20. The normalized spacial score (nSPS) is 11.4. The molecule has 0 aliphatic heterocycles. The molecule has 0 saturated carbocycles. The third-order valence-electron chi connectivity index (χ3n) is 4.06. The van der Waals surface area contributed by atoms with Gasteiger partial charge in [0.05, 0.1) is 34.3 Å². The molecule has 0 spiro atoms. The smallest absolute Gasteiger partial charge is 0.253 e. The zero-order valence-corrected chi connectivity index (χ0v) is 16.8. The van der Waals surface area contributed by atoms with Gasteiger partial charge in [-0.05, 0) is 30.3 Å². The summed E-state index contributed by atoms with van der Waals surface area (Å²) in [5.41, 5.74) is 0.735. The van der Waals surface area contributed by atoms with Crippen molar-refractivity contribution in [2.24, 2.45) is 7.05 Å². The summed E-state index contributed by atoms with van der Waals surface area (Å²) in [7, 11) is -2.07. The van der Waals surface area contributed by atoms with Crippen LogP contribution in [0.4, 0.5) is 4.39 Å². The molecule has 0 unspecified atom stereocenters. The molecule has 1 aromatic carbocycles. The highest BCUT2D eigenvalue weighted by Gasteiger charge is 2.16. The number of imidazole rings is 1. The van der Waals surface area contributed by atoms with Gasteiger partial charge in [0.1, 0.15) is 11.6 Å². The number of amides is 1. The molecule has 152 valence electrons. The third-order valence-corrected chi connectivity index (χ3v) is 5.75. The molecule has 2 heterocycles. The Hall–Kier alpha value is -2.82. The Morgan fingerprint density at radius 1 is 1.21 bits per heavy atom. The number of nitrogens with zero attached hydrogens (tertiary/aromatic N) is 3. The van der Waals surface area contributed by atoms with Gasteiger partial charge in [-0.15, -0.1) is 0 Å². The van der Waals surface area contributed by atoms with Crippen LogP contribution in [0.1, 0.15) is 21.9 Å². The van der Waals surface area contributed by atoms with E-state index in [2.05, 4.69) is 20.0 Å². The number of hydrogen-bond acceptors (Lipinski definition) is 5. The van der Waals surface area contributed by atoms with E-state index < -0.39 is 15.8 Å². The fourth-order valence-corrected chi connectivity index (χ4v) is 3.66. The Kier molecular flexibility index (Phi) is 6.26. The van der Waals surface area contributed by atoms with Gasteiger partial charge in [-0.3, -0.25) is 9.78 Å². The monoisotopic (exact) mass is 437 g/mol. The summed E-state index contributed by atoms with van der Waals surface area (Å²) in [5.74, 6) is -0.323. The molecular weight excluding hydrogens is 421 g/mol. The first-order valence-electron chi connectivity index (χ1n) is 8.40. The molecule has 0 bridgehead atoms. The highest BCUT2D eigenvalue weighted by Crippen LogP contribution is 2.19. The third kappa shape index (κ3) is 5.17. The van der Waals surface area contributed by atoms with Crippen molar-refractivity contribution in [1.29, 1.82) is 0 Å². The Balaban J connectivity index is 1.59. The highest BCUT2D eigenvalue weighted by atomic mass is 35.5. The number of aryl methyl sites for hydroxylation is 1. The van der Waals surface area contributed by atoms with Crippen LogP contribution in [0.5, 0.6) is 0 Å². The largest absolute Gasteiger partial charge is 0.345 e. The maximum atomic E-state index is 13.2. The number of rotatable bonds is 7. The van der Waals surface area contributed by atoms with E-state index in [1.807, 2.05) is 7.05 Å². The first kappa shape index (κ1) is 20.9. The second-order valence-corrected chi connectivity index (χ2v) is 8.25. The van der Waals surface area contributed by atoms with Gasteiger partial charge in [-0.1, -0.05) is 11.6 Å². The van der Waals surface area contributed by atoms with E-state index in [4.69, 9.17) is 11.6 Å². The number of carbonyl (C=O) groups excluding carboxylic acids is 1. The van der Waals surface area contributed by atoms with Crippen molar-refractivity contribution in [3.63, 3.8) is 0 Å². The van der Waals surface area contributed by atoms with Gasteiger partial charge in [0.25, 0.3) is 5.91 Å². The van der Waals surface area contributed by atoms with Crippen LogP contribution in [-0.2, 0) is 30.2 Å². The fourth-order valence-electron chi connectivity index (χ4n) is 2.39. The number of halogens is 2. The number of sulfonamides is 1. The lowest BCUT2D eigenvalue weighted by Gasteiger charge is -2.08. The van der Waals surface area contributed by atoms with Crippen molar-refractivity contribution in [2.45, 2.75) is 18.0 Å². The number of nitrogens with one attached hydrogen (secondary N) is 2. The number of benzene rings is 1. The highest BCUT2D eigenvalue weighted by molar-refractivity contribution is 7.89. The number of carbonyl (C=O) groups is 1. The van der Waals surface area contributed by atoms with Crippen LogP contribution in [0.2, 0.25) is 5.02 Å². The maximum Gasteiger partial charge on any atom is 0.253 e. The Morgan fingerprint density at radius 2 is 2.00 bits per heavy atom. The van der Waals surface area contributed by atoms with E-state index in [1.165, 1.54) is 12.3 Å². The molecule has 0 saturated heterocycles. The summed E-state index contributed by atoms with van der Waals surface area (Å²) in [6.07, 6.45) is 4.77. The van der Waals surface area contributed by atoms with Crippen LogP contribution in [0, 0.1) is 5.82 Å². The summed E-state index contributed by atoms with van der Waals surface area (Å²) in [4.78, 5) is 20.2. The molecule has 8 nitrogen and oxygen atoms in total. The minimum absolute atomic E-state index is 0.105. The Labute approximate surface area is 171 Å². The molecule has 0 radical (unpaired) electrons. The molecule has 29 heavy (non-hydrogen) atoms. The van der Waals surface area contributed by atoms with Crippen LogP contribution < -0.4 is 10.0 Å². The first-order valence-corrected chi connectivity index (χ1v) is 10.3. The van der Waals surface area contributed by atoms with Gasteiger partial charge >= 0.3 is 0 Å². The van der Waals surface area contributed by atoms with Gasteiger partial charge in [-0.25, -0.2) is 22.5 Å². The van der Waals surface area contributed by atoms with Crippen LogP contribution in [0.25, 0.3) is 0 Å². The molecule has 3 rings (SSSR count). The predicted molar refractivity (Wildman–Crippen MR) is 104 cm³/mol. The van der Waals surface area contributed by atoms with E-state index in [9.17, 15) is 17.6 Å². The van der Waals surface area contributed by atoms with Crippen molar-refractivity contribution >= 4 is 27.5 Å². The molecule has 11 heteroatoms. The van der Waals surface area contributed by atoms with Crippen molar-refractivity contribution < 1.29 is 17.6 Å².